The monoisotopic (exact) mass is 367 g/mol. The van der Waals surface area contributed by atoms with Crippen molar-refractivity contribution in [2.24, 2.45) is 5.92 Å². The molecule has 0 aliphatic heterocycles. The molecule has 7 heteroatoms. The second-order valence-electron chi connectivity index (χ2n) is 6.36. The molecular formula is C19H24F3N3O. The van der Waals surface area contributed by atoms with Gasteiger partial charge < -0.3 is 9.64 Å². The molecule has 4 nitrogen and oxygen atoms in total. The molecule has 0 saturated carbocycles. The van der Waals surface area contributed by atoms with Gasteiger partial charge in [-0.15, -0.1) is 0 Å². The quantitative estimate of drug-likeness (QED) is 0.670. The Kier molecular flexibility index (Phi) is 6.45. The molecule has 1 heterocycles. The summed E-state index contributed by atoms with van der Waals surface area (Å²) in [5.74, 6) is -0.165. The van der Waals surface area contributed by atoms with E-state index in [1.165, 1.54) is 5.56 Å². The Morgan fingerprint density at radius 1 is 1.12 bits per heavy atom. The molecule has 0 atom stereocenters. The zero-order valence-corrected chi connectivity index (χ0v) is 15.5. The first-order valence-corrected chi connectivity index (χ1v) is 8.69. The molecule has 1 aromatic carbocycles. The molecule has 2 rings (SSSR count). The van der Waals surface area contributed by atoms with Gasteiger partial charge in [0, 0.05) is 18.4 Å². The van der Waals surface area contributed by atoms with E-state index in [1.54, 1.807) is 4.90 Å². The Morgan fingerprint density at radius 2 is 1.77 bits per heavy atom. The van der Waals surface area contributed by atoms with Gasteiger partial charge in [0.1, 0.15) is 5.56 Å². The first-order chi connectivity index (χ1) is 12.3. The van der Waals surface area contributed by atoms with Crippen LogP contribution in [0.25, 0.3) is 0 Å². The molecule has 0 N–H and O–H groups in total. The summed E-state index contributed by atoms with van der Waals surface area (Å²) in [5.41, 5.74) is 1.04. The van der Waals surface area contributed by atoms with Gasteiger partial charge in [0.2, 0.25) is 11.8 Å². The minimum atomic E-state index is -4.56. The maximum atomic E-state index is 13.2. The molecule has 1 aromatic heterocycles. The minimum absolute atomic E-state index is 0.0818. The first-order valence-electron chi connectivity index (χ1n) is 8.69. The third-order valence-corrected chi connectivity index (χ3v) is 3.81. The summed E-state index contributed by atoms with van der Waals surface area (Å²) >= 11 is 0. The zero-order chi connectivity index (χ0) is 19.3. The lowest BCUT2D eigenvalue weighted by Gasteiger charge is -2.23. The standard InChI is InChI=1S/C19H24F3N3O/c1-5-14-7-9-15(10-8-14)25(6-2)18-23-11-16(19(20,21)22)17(24-18)26-12-13(3)4/h7-11,13H,5-6,12H2,1-4H3. The van der Waals surface area contributed by atoms with E-state index >= 15 is 0 Å². The molecule has 0 bridgehead atoms. The SMILES string of the molecule is CCc1ccc(N(CC)c2ncc(C(F)(F)F)c(OCC(C)C)n2)cc1. The summed E-state index contributed by atoms with van der Waals surface area (Å²) in [5, 5.41) is 0. The summed E-state index contributed by atoms with van der Waals surface area (Å²) in [6, 6.07) is 7.80. The van der Waals surface area contributed by atoms with Crippen LogP contribution in [-0.2, 0) is 12.6 Å². The van der Waals surface area contributed by atoms with Crippen molar-refractivity contribution in [3.63, 3.8) is 0 Å². The van der Waals surface area contributed by atoms with E-state index in [0.29, 0.717) is 6.54 Å². The van der Waals surface area contributed by atoms with Crippen LogP contribution in [0.2, 0.25) is 0 Å². The maximum Gasteiger partial charge on any atom is 0.423 e. The van der Waals surface area contributed by atoms with Crippen molar-refractivity contribution >= 4 is 11.6 Å². The molecule has 0 aliphatic carbocycles. The number of hydrogen-bond acceptors (Lipinski definition) is 4. The Labute approximate surface area is 152 Å². The molecular weight excluding hydrogens is 343 g/mol. The van der Waals surface area contributed by atoms with E-state index in [9.17, 15) is 13.2 Å². The van der Waals surface area contributed by atoms with E-state index < -0.39 is 17.6 Å². The van der Waals surface area contributed by atoms with Crippen LogP contribution < -0.4 is 9.64 Å². The summed E-state index contributed by atoms with van der Waals surface area (Å²) in [6.45, 7) is 8.34. The van der Waals surface area contributed by atoms with E-state index in [-0.39, 0.29) is 18.5 Å². The van der Waals surface area contributed by atoms with Gasteiger partial charge in [-0.1, -0.05) is 32.9 Å². The fourth-order valence-electron chi connectivity index (χ4n) is 2.39. The molecule has 0 saturated heterocycles. The van der Waals surface area contributed by atoms with Crippen molar-refractivity contribution in [3.05, 3.63) is 41.6 Å². The third-order valence-electron chi connectivity index (χ3n) is 3.81. The molecule has 0 aliphatic rings. The lowest BCUT2D eigenvalue weighted by molar-refractivity contribution is -0.139. The van der Waals surface area contributed by atoms with Crippen LogP contribution in [-0.4, -0.2) is 23.1 Å². The van der Waals surface area contributed by atoms with Gasteiger partial charge in [0.25, 0.3) is 0 Å². The van der Waals surface area contributed by atoms with Crippen LogP contribution in [0, 0.1) is 5.92 Å². The van der Waals surface area contributed by atoms with Crippen molar-refractivity contribution < 1.29 is 17.9 Å². The van der Waals surface area contributed by atoms with Crippen LogP contribution in [0.3, 0.4) is 0 Å². The normalized spacial score (nSPS) is 11.7. The number of rotatable bonds is 7. The Balaban J connectivity index is 2.41. The third kappa shape index (κ3) is 4.86. The summed E-state index contributed by atoms with van der Waals surface area (Å²) < 4.78 is 45.0. The topological polar surface area (TPSA) is 38.2 Å². The molecule has 2 aromatic rings. The Morgan fingerprint density at radius 3 is 2.27 bits per heavy atom. The molecule has 0 amide bonds. The van der Waals surface area contributed by atoms with E-state index in [0.717, 1.165) is 18.3 Å². The first kappa shape index (κ1) is 20.0. The molecule has 142 valence electrons. The van der Waals surface area contributed by atoms with E-state index in [1.807, 2.05) is 45.0 Å². The summed E-state index contributed by atoms with van der Waals surface area (Å²) in [6.07, 6.45) is -2.86. The number of ether oxygens (including phenoxy) is 1. The average molecular weight is 367 g/mol. The van der Waals surface area contributed by atoms with Crippen molar-refractivity contribution in [2.75, 3.05) is 18.1 Å². The lowest BCUT2D eigenvalue weighted by Crippen LogP contribution is -2.21. The van der Waals surface area contributed by atoms with Gasteiger partial charge in [-0.25, -0.2) is 4.98 Å². The van der Waals surface area contributed by atoms with Crippen LogP contribution in [0.4, 0.5) is 24.8 Å². The smallest absolute Gasteiger partial charge is 0.423 e. The van der Waals surface area contributed by atoms with Crippen molar-refractivity contribution in [3.8, 4) is 5.88 Å². The minimum Gasteiger partial charge on any atom is -0.477 e. The fraction of sp³-hybridized carbons (Fsp3) is 0.474. The number of anilines is 2. The number of aromatic nitrogens is 2. The zero-order valence-electron chi connectivity index (χ0n) is 15.5. The highest BCUT2D eigenvalue weighted by Gasteiger charge is 2.36. The van der Waals surface area contributed by atoms with Gasteiger partial charge in [-0.05, 0) is 37.0 Å². The predicted octanol–water partition coefficient (Wildman–Crippen LogP) is 5.25. The summed E-state index contributed by atoms with van der Waals surface area (Å²) in [4.78, 5) is 9.76. The Hall–Kier alpha value is -2.31. The number of hydrogen-bond donors (Lipinski definition) is 0. The molecule has 0 spiro atoms. The molecule has 0 fully saturated rings. The molecule has 26 heavy (non-hydrogen) atoms. The number of halogens is 3. The van der Waals surface area contributed by atoms with Crippen LogP contribution in [0.5, 0.6) is 5.88 Å². The van der Waals surface area contributed by atoms with Crippen LogP contribution >= 0.6 is 0 Å². The predicted molar refractivity (Wildman–Crippen MR) is 95.9 cm³/mol. The largest absolute Gasteiger partial charge is 0.477 e. The van der Waals surface area contributed by atoms with Gasteiger partial charge in [-0.3, -0.25) is 0 Å². The molecule has 0 radical (unpaired) electrons. The average Bonchev–Trinajstić information content (AvgIpc) is 2.60. The number of benzene rings is 1. The Bertz CT molecular complexity index is 715. The molecule has 0 unspecified atom stereocenters. The highest BCUT2D eigenvalue weighted by atomic mass is 19.4. The highest BCUT2D eigenvalue weighted by molar-refractivity contribution is 5.58. The van der Waals surface area contributed by atoms with Gasteiger partial charge in [0.15, 0.2) is 0 Å². The number of alkyl halides is 3. The van der Waals surface area contributed by atoms with Gasteiger partial charge in [-0.2, -0.15) is 18.2 Å². The number of nitrogens with zero attached hydrogens (tertiary/aromatic N) is 3. The van der Waals surface area contributed by atoms with Crippen LogP contribution in [0.15, 0.2) is 30.5 Å². The second kappa shape index (κ2) is 8.38. The van der Waals surface area contributed by atoms with E-state index in [2.05, 4.69) is 16.9 Å². The maximum absolute atomic E-state index is 13.2. The van der Waals surface area contributed by atoms with Crippen molar-refractivity contribution in [1.29, 1.82) is 0 Å². The second-order valence-corrected chi connectivity index (χ2v) is 6.36. The van der Waals surface area contributed by atoms with Crippen molar-refractivity contribution in [1.82, 2.24) is 9.97 Å². The van der Waals surface area contributed by atoms with Gasteiger partial charge in [0.05, 0.1) is 6.61 Å². The fourth-order valence-corrected chi connectivity index (χ4v) is 2.39. The lowest BCUT2D eigenvalue weighted by atomic mass is 10.1. The van der Waals surface area contributed by atoms with Crippen molar-refractivity contribution in [2.45, 2.75) is 40.3 Å². The van der Waals surface area contributed by atoms with E-state index in [4.69, 9.17) is 4.74 Å². The highest BCUT2D eigenvalue weighted by Crippen LogP contribution is 2.36. The van der Waals surface area contributed by atoms with Gasteiger partial charge >= 0.3 is 6.18 Å². The van der Waals surface area contributed by atoms with Crippen LogP contribution in [0.1, 0.15) is 38.8 Å². The summed E-state index contributed by atoms with van der Waals surface area (Å²) in [7, 11) is 0. The number of aryl methyl sites for hydroxylation is 1.